The molecule has 0 unspecified atom stereocenters. The molecule has 5 heteroatoms. The Bertz CT molecular complexity index is 520. The second-order valence-corrected chi connectivity index (χ2v) is 4.90. The number of hydrogen-bond donors (Lipinski definition) is 1. The summed E-state index contributed by atoms with van der Waals surface area (Å²) in [7, 11) is 1.66. The first-order valence-corrected chi connectivity index (χ1v) is 6.23. The van der Waals surface area contributed by atoms with Crippen molar-refractivity contribution in [3.8, 4) is 6.07 Å². The van der Waals surface area contributed by atoms with Crippen LogP contribution in [0.25, 0.3) is 0 Å². The van der Waals surface area contributed by atoms with Gasteiger partial charge in [-0.05, 0) is 37.2 Å². The van der Waals surface area contributed by atoms with E-state index in [1.165, 1.54) is 23.1 Å². The highest BCUT2D eigenvalue weighted by Crippen LogP contribution is 2.15. The Hall–Kier alpha value is -1.93. The Morgan fingerprint density at radius 2 is 2.32 bits per heavy atom. The van der Waals surface area contributed by atoms with Gasteiger partial charge in [0.25, 0.3) is 0 Å². The van der Waals surface area contributed by atoms with Gasteiger partial charge in [-0.1, -0.05) is 0 Å². The smallest absolute Gasteiger partial charge is 0.222 e. The Morgan fingerprint density at radius 3 is 2.89 bits per heavy atom. The molecular weight excluding hydrogens is 245 g/mol. The van der Waals surface area contributed by atoms with Gasteiger partial charge in [0.15, 0.2) is 0 Å². The summed E-state index contributed by atoms with van der Waals surface area (Å²) in [4.78, 5) is 13.4. The van der Waals surface area contributed by atoms with Gasteiger partial charge >= 0.3 is 0 Å². The molecule has 1 aliphatic rings. The van der Waals surface area contributed by atoms with E-state index in [-0.39, 0.29) is 18.3 Å². The molecule has 1 amide bonds. The molecule has 19 heavy (non-hydrogen) atoms. The lowest BCUT2D eigenvalue weighted by atomic mass is 9.98. The van der Waals surface area contributed by atoms with Gasteiger partial charge in [-0.15, -0.1) is 0 Å². The third kappa shape index (κ3) is 3.30. The van der Waals surface area contributed by atoms with Gasteiger partial charge in [-0.3, -0.25) is 4.79 Å². The van der Waals surface area contributed by atoms with Gasteiger partial charge in [0.2, 0.25) is 5.91 Å². The van der Waals surface area contributed by atoms with Crippen molar-refractivity contribution in [2.24, 2.45) is 5.92 Å². The van der Waals surface area contributed by atoms with E-state index in [9.17, 15) is 9.18 Å². The summed E-state index contributed by atoms with van der Waals surface area (Å²) < 4.78 is 13.6. The number of nitriles is 1. The summed E-state index contributed by atoms with van der Waals surface area (Å²) in [6.45, 7) is 1.94. The van der Waals surface area contributed by atoms with E-state index in [0.29, 0.717) is 23.5 Å². The number of benzene rings is 1. The van der Waals surface area contributed by atoms with Gasteiger partial charge in [0, 0.05) is 25.6 Å². The number of carbonyl (C=O) groups excluding carboxylic acids is 1. The van der Waals surface area contributed by atoms with Crippen molar-refractivity contribution in [1.82, 2.24) is 10.2 Å². The highest BCUT2D eigenvalue weighted by molar-refractivity contribution is 5.76. The minimum absolute atomic E-state index is 0.00765. The van der Waals surface area contributed by atoms with E-state index in [1.807, 2.05) is 6.07 Å². The van der Waals surface area contributed by atoms with Crippen LogP contribution >= 0.6 is 0 Å². The highest BCUT2D eigenvalue weighted by Gasteiger charge is 2.22. The normalized spacial score (nSPS) is 14.6. The molecule has 0 saturated carbocycles. The zero-order valence-corrected chi connectivity index (χ0v) is 10.8. The molecule has 2 rings (SSSR count). The van der Waals surface area contributed by atoms with Crippen molar-refractivity contribution in [3.63, 3.8) is 0 Å². The van der Waals surface area contributed by atoms with E-state index in [2.05, 4.69) is 5.32 Å². The molecule has 1 heterocycles. The molecule has 1 saturated heterocycles. The van der Waals surface area contributed by atoms with Crippen LogP contribution in [0, 0.1) is 23.1 Å². The predicted molar refractivity (Wildman–Crippen MR) is 68.6 cm³/mol. The van der Waals surface area contributed by atoms with Crippen LogP contribution in [-0.4, -0.2) is 30.9 Å². The number of carbonyl (C=O) groups is 1. The van der Waals surface area contributed by atoms with E-state index in [4.69, 9.17) is 5.26 Å². The topological polar surface area (TPSA) is 56.1 Å². The van der Waals surface area contributed by atoms with Gasteiger partial charge in [-0.2, -0.15) is 5.26 Å². The summed E-state index contributed by atoms with van der Waals surface area (Å²) in [6.07, 6.45) is 0.489. The van der Waals surface area contributed by atoms with Crippen LogP contribution < -0.4 is 5.32 Å². The zero-order chi connectivity index (χ0) is 13.8. The lowest BCUT2D eigenvalue weighted by Crippen LogP contribution is -2.44. The van der Waals surface area contributed by atoms with Crippen LogP contribution in [0.1, 0.15) is 17.5 Å². The van der Waals surface area contributed by atoms with E-state index in [1.54, 1.807) is 7.05 Å². The van der Waals surface area contributed by atoms with Crippen LogP contribution in [0.5, 0.6) is 0 Å². The fourth-order valence-electron chi connectivity index (χ4n) is 2.00. The van der Waals surface area contributed by atoms with Crippen LogP contribution in [0.2, 0.25) is 0 Å². The first-order valence-electron chi connectivity index (χ1n) is 6.23. The van der Waals surface area contributed by atoms with Crippen molar-refractivity contribution in [3.05, 3.63) is 35.1 Å². The molecule has 0 atom stereocenters. The van der Waals surface area contributed by atoms with Crippen molar-refractivity contribution in [1.29, 1.82) is 5.26 Å². The zero-order valence-electron chi connectivity index (χ0n) is 10.8. The average molecular weight is 261 g/mol. The Labute approximate surface area is 111 Å². The molecule has 0 radical (unpaired) electrons. The van der Waals surface area contributed by atoms with Crippen molar-refractivity contribution >= 4 is 5.91 Å². The molecule has 1 fully saturated rings. The van der Waals surface area contributed by atoms with Gasteiger partial charge in [0.1, 0.15) is 5.82 Å². The van der Waals surface area contributed by atoms with Crippen molar-refractivity contribution in [2.75, 3.05) is 20.1 Å². The molecule has 1 aromatic carbocycles. The van der Waals surface area contributed by atoms with Gasteiger partial charge in [0.05, 0.1) is 11.6 Å². The van der Waals surface area contributed by atoms with Crippen LogP contribution in [0.15, 0.2) is 18.2 Å². The summed E-state index contributed by atoms with van der Waals surface area (Å²) in [6, 6.07) is 6.16. The summed E-state index contributed by atoms with van der Waals surface area (Å²) in [5, 5.41) is 11.9. The van der Waals surface area contributed by atoms with Crippen molar-refractivity contribution < 1.29 is 9.18 Å². The van der Waals surface area contributed by atoms with Crippen LogP contribution in [0.4, 0.5) is 4.39 Å². The number of halogens is 1. The van der Waals surface area contributed by atoms with Crippen LogP contribution in [0.3, 0.4) is 0 Å². The van der Waals surface area contributed by atoms with Crippen LogP contribution in [-0.2, 0) is 11.3 Å². The maximum atomic E-state index is 13.6. The maximum absolute atomic E-state index is 13.6. The second-order valence-electron chi connectivity index (χ2n) is 4.90. The lowest BCUT2D eigenvalue weighted by Gasteiger charge is -2.28. The molecule has 0 bridgehead atoms. The number of nitrogens with zero attached hydrogens (tertiary/aromatic N) is 2. The Balaban J connectivity index is 1.99. The highest BCUT2D eigenvalue weighted by atomic mass is 19.1. The van der Waals surface area contributed by atoms with Gasteiger partial charge in [-0.25, -0.2) is 4.39 Å². The maximum Gasteiger partial charge on any atom is 0.222 e. The monoisotopic (exact) mass is 261 g/mol. The molecule has 100 valence electrons. The first kappa shape index (κ1) is 13.5. The standard InChI is InChI=1S/C14H16FN3O/c1-18(14(19)5-11-7-17-8-11)9-12-4-10(6-16)2-3-13(12)15/h2-4,11,17H,5,7-9H2,1H3. The first-order chi connectivity index (χ1) is 9.10. The van der Waals surface area contributed by atoms with E-state index < -0.39 is 0 Å². The minimum Gasteiger partial charge on any atom is -0.341 e. The molecule has 1 aromatic rings. The molecule has 0 aliphatic carbocycles. The number of hydrogen-bond acceptors (Lipinski definition) is 3. The average Bonchev–Trinajstić information content (AvgIpc) is 2.36. The molecule has 0 spiro atoms. The fraction of sp³-hybridized carbons (Fsp3) is 0.429. The number of nitrogens with one attached hydrogen (secondary N) is 1. The predicted octanol–water partition coefficient (Wildman–Crippen LogP) is 1.27. The third-order valence-corrected chi connectivity index (χ3v) is 3.34. The second kappa shape index (κ2) is 5.81. The summed E-state index contributed by atoms with van der Waals surface area (Å²) in [5.41, 5.74) is 0.780. The molecular formula is C14H16FN3O. The molecule has 1 aliphatic heterocycles. The number of rotatable bonds is 4. The Morgan fingerprint density at radius 1 is 1.58 bits per heavy atom. The van der Waals surface area contributed by atoms with E-state index >= 15 is 0 Å². The molecule has 4 nitrogen and oxygen atoms in total. The largest absolute Gasteiger partial charge is 0.341 e. The Kier molecular flexibility index (Phi) is 4.13. The summed E-state index contributed by atoms with van der Waals surface area (Å²) >= 11 is 0. The minimum atomic E-state index is -0.385. The molecule has 1 N–H and O–H groups in total. The lowest BCUT2D eigenvalue weighted by molar-refractivity contribution is -0.131. The van der Waals surface area contributed by atoms with E-state index in [0.717, 1.165) is 13.1 Å². The third-order valence-electron chi connectivity index (χ3n) is 3.34. The SMILES string of the molecule is CN(Cc1cc(C#N)ccc1F)C(=O)CC1CNC1. The fourth-order valence-corrected chi connectivity index (χ4v) is 2.00. The quantitative estimate of drug-likeness (QED) is 0.888. The summed E-state index contributed by atoms with van der Waals surface area (Å²) in [5.74, 6) is 0.0162. The van der Waals surface area contributed by atoms with Crippen molar-refractivity contribution in [2.45, 2.75) is 13.0 Å². The molecule has 0 aromatic heterocycles. The number of amides is 1. The van der Waals surface area contributed by atoms with Gasteiger partial charge < -0.3 is 10.2 Å².